The summed E-state index contributed by atoms with van der Waals surface area (Å²) >= 11 is 9.16. The Balaban J connectivity index is 2.32. The molecule has 0 fully saturated rings. The molecule has 0 saturated carbocycles. The summed E-state index contributed by atoms with van der Waals surface area (Å²) < 4.78 is 0.997. The zero-order chi connectivity index (χ0) is 15.0. The summed E-state index contributed by atoms with van der Waals surface area (Å²) in [6.45, 7) is 1.98. The van der Waals surface area contributed by atoms with E-state index in [1.54, 1.807) is 6.07 Å². The largest absolute Gasteiger partial charge is 0.276 e. The van der Waals surface area contributed by atoms with Crippen LogP contribution in [-0.2, 0) is 0 Å². The highest BCUT2D eigenvalue weighted by Crippen LogP contribution is 2.28. The third-order valence-electron chi connectivity index (χ3n) is 3.39. The molecule has 1 heterocycles. The molecule has 0 saturated heterocycles. The van der Waals surface area contributed by atoms with E-state index in [9.17, 15) is 4.79 Å². The Morgan fingerprint density at radius 2 is 1.86 bits per heavy atom. The molecule has 0 atom stereocenters. The van der Waals surface area contributed by atoms with Crippen LogP contribution in [0.3, 0.4) is 0 Å². The molecule has 0 aliphatic carbocycles. The Morgan fingerprint density at radius 1 is 1.14 bits per heavy atom. The highest BCUT2D eigenvalue weighted by molar-refractivity contribution is 9.10. The highest BCUT2D eigenvalue weighted by Gasteiger charge is 2.13. The number of para-hydroxylation sites is 1. The zero-order valence-corrected chi connectivity index (χ0v) is 13.6. The Bertz CT molecular complexity index is 843. The molecule has 0 aliphatic heterocycles. The topological polar surface area (TPSA) is 30.0 Å². The van der Waals surface area contributed by atoms with Gasteiger partial charge in [-0.05, 0) is 42.3 Å². The van der Waals surface area contributed by atoms with Crippen LogP contribution >= 0.6 is 27.5 Å². The molecule has 0 N–H and O–H groups in total. The normalized spacial score (nSPS) is 10.8. The fourth-order valence-electron chi connectivity index (χ4n) is 2.32. The van der Waals surface area contributed by atoms with E-state index in [1.165, 1.54) is 0 Å². The lowest BCUT2D eigenvalue weighted by molar-refractivity contribution is 0.108. The van der Waals surface area contributed by atoms with Crippen LogP contribution in [0, 0.1) is 6.92 Å². The number of fused-ring (bicyclic) bond motifs is 1. The summed E-state index contributed by atoms with van der Waals surface area (Å²) in [6.07, 6.45) is 0. The fraction of sp³-hybridized carbons (Fsp3) is 0.0588. The predicted molar refractivity (Wildman–Crippen MR) is 89.8 cm³/mol. The number of carbonyl (C=O) groups is 1. The number of carbonyl (C=O) groups excluding carboxylic acids is 1. The molecule has 4 heteroatoms. The van der Waals surface area contributed by atoms with Crippen molar-refractivity contribution >= 4 is 43.7 Å². The van der Waals surface area contributed by atoms with Crippen molar-refractivity contribution in [2.45, 2.75) is 6.92 Å². The highest BCUT2D eigenvalue weighted by atomic mass is 79.9. The Hall–Kier alpha value is -1.71. The number of benzene rings is 2. The third kappa shape index (κ3) is 2.71. The van der Waals surface area contributed by atoms with Crippen molar-refractivity contribution in [2.24, 2.45) is 0 Å². The maximum absolute atomic E-state index is 11.7. The maximum Gasteiger partial charge on any atom is 0.253 e. The molecule has 3 aromatic rings. The van der Waals surface area contributed by atoms with E-state index in [0.29, 0.717) is 5.56 Å². The molecule has 0 unspecified atom stereocenters. The second kappa shape index (κ2) is 5.58. The quantitative estimate of drug-likeness (QED) is 0.576. The van der Waals surface area contributed by atoms with E-state index in [-0.39, 0.29) is 0 Å². The molecule has 0 radical (unpaired) electrons. The van der Waals surface area contributed by atoms with Gasteiger partial charge in [-0.1, -0.05) is 46.3 Å². The number of halogens is 2. The van der Waals surface area contributed by atoms with Crippen molar-refractivity contribution in [2.75, 3.05) is 0 Å². The smallest absolute Gasteiger partial charge is 0.253 e. The van der Waals surface area contributed by atoms with Gasteiger partial charge in [0.2, 0.25) is 0 Å². The van der Waals surface area contributed by atoms with E-state index < -0.39 is 5.24 Å². The molecule has 3 rings (SSSR count). The molecule has 0 bridgehead atoms. The number of pyridine rings is 1. The molecule has 0 spiro atoms. The summed E-state index contributed by atoms with van der Waals surface area (Å²) in [5.74, 6) is 0. The lowest BCUT2D eigenvalue weighted by Gasteiger charge is -2.09. The Labute approximate surface area is 135 Å². The van der Waals surface area contributed by atoms with Crippen LogP contribution in [0.15, 0.2) is 53.0 Å². The molecule has 0 amide bonds. The molecule has 1 aromatic heterocycles. The van der Waals surface area contributed by atoms with Crippen LogP contribution in [0.25, 0.3) is 22.2 Å². The number of aryl methyl sites for hydroxylation is 1. The van der Waals surface area contributed by atoms with Crippen LogP contribution in [0.1, 0.15) is 15.9 Å². The molecular weight excluding hydrogens is 350 g/mol. The Morgan fingerprint density at radius 3 is 2.52 bits per heavy atom. The third-order valence-corrected chi connectivity index (χ3v) is 4.13. The molecule has 104 valence electrons. The van der Waals surface area contributed by atoms with Crippen molar-refractivity contribution < 1.29 is 4.79 Å². The average Bonchev–Trinajstić information content (AvgIpc) is 2.47. The fourth-order valence-corrected chi connectivity index (χ4v) is 2.74. The van der Waals surface area contributed by atoms with Crippen molar-refractivity contribution in [1.82, 2.24) is 4.98 Å². The van der Waals surface area contributed by atoms with Gasteiger partial charge < -0.3 is 0 Å². The number of nitrogens with zero attached hydrogens (tertiary/aromatic N) is 1. The lowest BCUT2D eigenvalue weighted by Crippen LogP contribution is -1.97. The molecule has 0 aliphatic rings. The van der Waals surface area contributed by atoms with E-state index in [4.69, 9.17) is 16.6 Å². The van der Waals surface area contributed by atoms with Gasteiger partial charge >= 0.3 is 0 Å². The van der Waals surface area contributed by atoms with Crippen LogP contribution in [0.4, 0.5) is 0 Å². The summed E-state index contributed by atoms with van der Waals surface area (Å²) in [7, 11) is 0. The van der Waals surface area contributed by atoms with Crippen LogP contribution < -0.4 is 0 Å². The number of hydrogen-bond donors (Lipinski definition) is 0. The maximum atomic E-state index is 11.7. The van der Waals surface area contributed by atoms with Crippen molar-refractivity contribution in [1.29, 1.82) is 0 Å². The van der Waals surface area contributed by atoms with E-state index in [2.05, 4.69) is 15.9 Å². The van der Waals surface area contributed by atoms with Crippen LogP contribution in [-0.4, -0.2) is 10.2 Å². The summed E-state index contributed by atoms with van der Waals surface area (Å²) in [5, 5.41) is 0.322. The zero-order valence-electron chi connectivity index (χ0n) is 11.2. The van der Waals surface area contributed by atoms with E-state index >= 15 is 0 Å². The van der Waals surface area contributed by atoms with Gasteiger partial charge in [0.15, 0.2) is 0 Å². The number of aromatic nitrogens is 1. The van der Waals surface area contributed by atoms with Gasteiger partial charge in [-0.2, -0.15) is 0 Å². The monoisotopic (exact) mass is 359 g/mol. The Kier molecular flexibility index (Phi) is 3.79. The first-order valence-electron chi connectivity index (χ1n) is 6.42. The first kappa shape index (κ1) is 14.2. The molecule has 21 heavy (non-hydrogen) atoms. The minimum atomic E-state index is -0.466. The SMILES string of the molecule is Cc1cccc2c(C(=O)Cl)cc(-c3ccc(Br)cc3)nc12. The van der Waals surface area contributed by atoms with Crippen molar-refractivity contribution in [3.8, 4) is 11.3 Å². The lowest BCUT2D eigenvalue weighted by atomic mass is 10.0. The number of rotatable bonds is 2. The van der Waals surface area contributed by atoms with Gasteiger partial charge in [0, 0.05) is 21.0 Å². The average molecular weight is 361 g/mol. The van der Waals surface area contributed by atoms with Gasteiger partial charge in [-0.3, -0.25) is 4.79 Å². The minimum Gasteiger partial charge on any atom is -0.276 e. The van der Waals surface area contributed by atoms with Gasteiger partial charge in [-0.25, -0.2) is 4.98 Å². The van der Waals surface area contributed by atoms with Gasteiger partial charge in [0.05, 0.1) is 11.2 Å². The first-order chi connectivity index (χ1) is 10.1. The minimum absolute atomic E-state index is 0.466. The second-order valence-corrected chi connectivity index (χ2v) is 6.07. The first-order valence-corrected chi connectivity index (χ1v) is 7.59. The number of hydrogen-bond acceptors (Lipinski definition) is 2. The standard InChI is InChI=1S/C17H11BrClNO/c1-10-3-2-4-13-14(17(19)21)9-15(20-16(10)13)11-5-7-12(18)8-6-11/h2-9H,1H3. The van der Waals surface area contributed by atoms with Crippen molar-refractivity contribution in [3.05, 3.63) is 64.1 Å². The van der Waals surface area contributed by atoms with E-state index in [1.807, 2.05) is 49.4 Å². The second-order valence-electron chi connectivity index (χ2n) is 4.81. The summed E-state index contributed by atoms with van der Waals surface area (Å²) in [6, 6.07) is 15.3. The molecule has 2 nitrogen and oxygen atoms in total. The molecule has 2 aromatic carbocycles. The van der Waals surface area contributed by atoms with Gasteiger partial charge in [0.25, 0.3) is 5.24 Å². The predicted octanol–water partition coefficient (Wildman–Crippen LogP) is 5.35. The molecular formula is C17H11BrClNO. The van der Waals surface area contributed by atoms with Gasteiger partial charge in [0.1, 0.15) is 0 Å². The van der Waals surface area contributed by atoms with Crippen LogP contribution in [0.2, 0.25) is 0 Å². The summed E-state index contributed by atoms with van der Waals surface area (Å²) in [5.41, 5.74) is 4.01. The van der Waals surface area contributed by atoms with Gasteiger partial charge in [-0.15, -0.1) is 0 Å². The van der Waals surface area contributed by atoms with Crippen molar-refractivity contribution in [3.63, 3.8) is 0 Å². The van der Waals surface area contributed by atoms with E-state index in [0.717, 1.165) is 32.2 Å². The summed E-state index contributed by atoms with van der Waals surface area (Å²) in [4.78, 5) is 16.4. The van der Waals surface area contributed by atoms with Crippen LogP contribution in [0.5, 0.6) is 0 Å².